The maximum Gasteiger partial charge on any atom is 0.453 e. The molecule has 0 bridgehead atoms. The molecule has 0 aromatic rings. The van der Waals surface area contributed by atoms with Gasteiger partial charge in [-0.15, -0.1) is 0 Å². The molecule has 0 unspecified atom stereocenters. The number of hydrogen-bond donors (Lipinski definition) is 0. The average Bonchev–Trinajstić information content (AvgIpc) is 2.36. The Morgan fingerprint density at radius 1 is 1.15 bits per heavy atom. The van der Waals surface area contributed by atoms with Crippen LogP contribution in [-0.4, -0.2) is 37.9 Å². The van der Waals surface area contributed by atoms with Crippen molar-refractivity contribution in [1.29, 1.82) is 0 Å². The molecule has 0 aromatic carbocycles. The van der Waals surface area contributed by atoms with Gasteiger partial charge in [0.05, 0.1) is 13.0 Å². The van der Waals surface area contributed by atoms with Crippen LogP contribution < -0.4 is 0 Å². The highest BCUT2D eigenvalue weighted by Gasteiger charge is 2.56. The fourth-order valence-corrected chi connectivity index (χ4v) is 1.86. The van der Waals surface area contributed by atoms with Crippen LogP contribution in [0.3, 0.4) is 0 Å². The van der Waals surface area contributed by atoms with Crippen molar-refractivity contribution < 1.29 is 36.2 Å². The SMILES string of the molecule is O=C(CCC1CCOCC1)OCCC(F)(F)C(F)(F)F. The third-order valence-corrected chi connectivity index (χ3v) is 3.19. The van der Waals surface area contributed by atoms with E-state index in [1.165, 1.54) is 0 Å². The molecule has 0 N–H and O–H groups in total. The van der Waals surface area contributed by atoms with Gasteiger partial charge in [0.1, 0.15) is 0 Å². The Kier molecular flexibility index (Phi) is 6.16. The zero-order valence-electron chi connectivity index (χ0n) is 10.8. The summed E-state index contributed by atoms with van der Waals surface area (Å²) in [6.07, 6.45) is -4.94. The molecule has 3 nitrogen and oxygen atoms in total. The van der Waals surface area contributed by atoms with Crippen molar-refractivity contribution in [2.24, 2.45) is 5.92 Å². The van der Waals surface area contributed by atoms with Gasteiger partial charge in [0.15, 0.2) is 0 Å². The number of esters is 1. The predicted octanol–water partition coefficient (Wildman–Crippen LogP) is 3.32. The van der Waals surface area contributed by atoms with Crippen molar-refractivity contribution >= 4 is 5.97 Å². The van der Waals surface area contributed by atoms with Crippen LogP contribution in [0.4, 0.5) is 22.0 Å². The molecule has 1 rings (SSSR count). The predicted molar refractivity (Wildman–Crippen MR) is 59.4 cm³/mol. The molecule has 1 heterocycles. The summed E-state index contributed by atoms with van der Waals surface area (Å²) in [5.41, 5.74) is 0. The van der Waals surface area contributed by atoms with Crippen LogP contribution in [0.15, 0.2) is 0 Å². The van der Waals surface area contributed by atoms with Crippen LogP contribution in [0.1, 0.15) is 32.1 Å². The lowest BCUT2D eigenvalue weighted by Crippen LogP contribution is -2.37. The first-order valence-corrected chi connectivity index (χ1v) is 6.40. The average molecular weight is 304 g/mol. The lowest BCUT2D eigenvalue weighted by Gasteiger charge is -2.21. The number of carbonyl (C=O) groups is 1. The standard InChI is InChI=1S/C12H17F5O3/c13-11(14,12(15,16)17)5-8-20-10(18)2-1-9-3-6-19-7-4-9/h9H,1-8H2. The molecule has 0 saturated carbocycles. The molecule has 1 fully saturated rings. The molecule has 8 heteroatoms. The van der Waals surface area contributed by atoms with Crippen LogP contribution in [0.2, 0.25) is 0 Å². The molecule has 0 spiro atoms. The second-order valence-electron chi connectivity index (χ2n) is 4.77. The van der Waals surface area contributed by atoms with Crippen molar-refractivity contribution in [3.63, 3.8) is 0 Å². The fourth-order valence-electron chi connectivity index (χ4n) is 1.86. The Morgan fingerprint density at radius 2 is 1.75 bits per heavy atom. The van der Waals surface area contributed by atoms with Gasteiger partial charge in [-0.2, -0.15) is 22.0 Å². The summed E-state index contributed by atoms with van der Waals surface area (Å²) in [6, 6.07) is 0. The van der Waals surface area contributed by atoms with E-state index < -0.39 is 31.1 Å². The Hall–Kier alpha value is -0.920. The van der Waals surface area contributed by atoms with Crippen molar-refractivity contribution in [2.75, 3.05) is 19.8 Å². The first-order chi connectivity index (χ1) is 9.22. The van der Waals surface area contributed by atoms with Gasteiger partial charge in [-0.1, -0.05) is 0 Å². The van der Waals surface area contributed by atoms with E-state index in [2.05, 4.69) is 4.74 Å². The molecule has 0 amide bonds. The number of alkyl halides is 5. The van der Waals surface area contributed by atoms with E-state index in [1.54, 1.807) is 0 Å². The van der Waals surface area contributed by atoms with Gasteiger partial charge in [0.2, 0.25) is 0 Å². The van der Waals surface area contributed by atoms with E-state index in [1.807, 2.05) is 0 Å². The number of rotatable bonds is 6. The lowest BCUT2D eigenvalue weighted by molar-refractivity contribution is -0.286. The van der Waals surface area contributed by atoms with Crippen molar-refractivity contribution in [3.8, 4) is 0 Å². The quantitative estimate of drug-likeness (QED) is 0.558. The van der Waals surface area contributed by atoms with E-state index in [0.717, 1.165) is 12.8 Å². The normalized spacial score (nSPS) is 18.1. The molecular formula is C12H17F5O3. The summed E-state index contributed by atoms with van der Waals surface area (Å²) >= 11 is 0. The summed E-state index contributed by atoms with van der Waals surface area (Å²) in [7, 11) is 0. The lowest BCUT2D eigenvalue weighted by atomic mass is 9.95. The van der Waals surface area contributed by atoms with Gasteiger partial charge in [-0.25, -0.2) is 0 Å². The molecule has 1 saturated heterocycles. The van der Waals surface area contributed by atoms with Crippen LogP contribution >= 0.6 is 0 Å². The topological polar surface area (TPSA) is 35.5 Å². The van der Waals surface area contributed by atoms with Crippen molar-refractivity contribution in [1.82, 2.24) is 0 Å². The number of ether oxygens (including phenoxy) is 2. The van der Waals surface area contributed by atoms with E-state index in [-0.39, 0.29) is 6.42 Å². The van der Waals surface area contributed by atoms with Gasteiger partial charge < -0.3 is 9.47 Å². The highest BCUT2D eigenvalue weighted by Crippen LogP contribution is 2.37. The van der Waals surface area contributed by atoms with Gasteiger partial charge in [-0.3, -0.25) is 4.79 Å². The molecule has 118 valence electrons. The minimum absolute atomic E-state index is 0.0300. The number of halogens is 5. The molecule has 20 heavy (non-hydrogen) atoms. The molecule has 0 atom stereocenters. The van der Waals surface area contributed by atoms with E-state index >= 15 is 0 Å². The Balaban J connectivity index is 2.17. The molecule has 0 aliphatic carbocycles. The first kappa shape index (κ1) is 17.1. The van der Waals surface area contributed by atoms with Crippen LogP contribution in [0.25, 0.3) is 0 Å². The van der Waals surface area contributed by atoms with E-state index in [4.69, 9.17) is 4.74 Å². The molecule has 0 aromatic heterocycles. The third-order valence-electron chi connectivity index (χ3n) is 3.19. The highest BCUT2D eigenvalue weighted by molar-refractivity contribution is 5.69. The fraction of sp³-hybridized carbons (Fsp3) is 0.917. The summed E-state index contributed by atoms with van der Waals surface area (Å²) in [5, 5.41) is 0. The molecule has 0 radical (unpaired) electrons. The number of hydrogen-bond acceptors (Lipinski definition) is 3. The van der Waals surface area contributed by atoms with Gasteiger partial charge in [0, 0.05) is 19.6 Å². The largest absolute Gasteiger partial charge is 0.465 e. The summed E-state index contributed by atoms with van der Waals surface area (Å²) in [6.45, 7) is 0.314. The zero-order chi connectivity index (χ0) is 15.2. The smallest absolute Gasteiger partial charge is 0.453 e. The van der Waals surface area contributed by atoms with E-state index in [9.17, 15) is 26.7 Å². The summed E-state index contributed by atoms with van der Waals surface area (Å²) < 4.78 is 70.1. The van der Waals surface area contributed by atoms with E-state index in [0.29, 0.717) is 25.6 Å². The van der Waals surface area contributed by atoms with Crippen LogP contribution in [0, 0.1) is 5.92 Å². The highest BCUT2D eigenvalue weighted by atomic mass is 19.4. The van der Waals surface area contributed by atoms with Crippen LogP contribution in [0.5, 0.6) is 0 Å². The molecule has 1 aliphatic heterocycles. The summed E-state index contributed by atoms with van der Waals surface area (Å²) in [5.74, 6) is -5.25. The van der Waals surface area contributed by atoms with Gasteiger partial charge in [-0.05, 0) is 25.2 Å². The Labute approximate surface area is 113 Å². The Morgan fingerprint density at radius 3 is 2.30 bits per heavy atom. The second kappa shape index (κ2) is 7.19. The molecular weight excluding hydrogens is 287 g/mol. The van der Waals surface area contributed by atoms with Crippen molar-refractivity contribution in [2.45, 2.75) is 44.2 Å². The minimum atomic E-state index is -5.61. The maximum absolute atomic E-state index is 12.5. The third kappa shape index (κ3) is 5.60. The Bertz CT molecular complexity index is 311. The van der Waals surface area contributed by atoms with Gasteiger partial charge >= 0.3 is 18.1 Å². The summed E-state index contributed by atoms with van der Waals surface area (Å²) in [4.78, 5) is 11.2. The number of carbonyl (C=O) groups excluding carboxylic acids is 1. The van der Waals surface area contributed by atoms with Crippen molar-refractivity contribution in [3.05, 3.63) is 0 Å². The van der Waals surface area contributed by atoms with Gasteiger partial charge in [0.25, 0.3) is 0 Å². The maximum atomic E-state index is 12.5. The monoisotopic (exact) mass is 304 g/mol. The minimum Gasteiger partial charge on any atom is -0.465 e. The molecule has 1 aliphatic rings. The van der Waals surface area contributed by atoms with Crippen LogP contribution in [-0.2, 0) is 14.3 Å². The zero-order valence-corrected chi connectivity index (χ0v) is 10.8. The second-order valence-corrected chi connectivity index (χ2v) is 4.77. The first-order valence-electron chi connectivity index (χ1n) is 6.40.